The topological polar surface area (TPSA) is 136 Å². The van der Waals surface area contributed by atoms with E-state index in [1.807, 2.05) is 61.5 Å². The highest BCUT2D eigenvalue weighted by molar-refractivity contribution is 6.07. The Labute approximate surface area is 266 Å². The lowest BCUT2D eigenvalue weighted by molar-refractivity contribution is 0.0564. The molecular formula is C34H36N8O4. The van der Waals surface area contributed by atoms with Crippen molar-refractivity contribution in [1.29, 1.82) is 0 Å². The summed E-state index contributed by atoms with van der Waals surface area (Å²) < 4.78 is 13.2. The molecule has 0 radical (unpaired) electrons. The molecule has 1 aliphatic heterocycles. The molecule has 4 amide bonds. The largest absolute Gasteiger partial charge is 0.438 e. The molecule has 46 heavy (non-hydrogen) atoms. The van der Waals surface area contributed by atoms with Gasteiger partial charge in [0, 0.05) is 42.2 Å². The molecule has 0 unspecified atom stereocenters. The molecule has 1 saturated heterocycles. The zero-order valence-electron chi connectivity index (χ0n) is 25.8. The number of morpholine rings is 1. The van der Waals surface area contributed by atoms with E-state index in [0.29, 0.717) is 43.6 Å². The first kappa shape index (κ1) is 30.5. The van der Waals surface area contributed by atoms with E-state index >= 15 is 0 Å². The molecule has 0 saturated carbocycles. The molecule has 236 valence electrons. The fourth-order valence-corrected chi connectivity index (χ4v) is 5.13. The van der Waals surface area contributed by atoms with Crippen LogP contribution in [0.4, 0.5) is 27.0 Å². The van der Waals surface area contributed by atoms with Crippen molar-refractivity contribution in [2.45, 2.75) is 33.1 Å². The van der Waals surface area contributed by atoms with Crippen molar-refractivity contribution in [3.63, 3.8) is 0 Å². The van der Waals surface area contributed by atoms with Crippen LogP contribution in [0.2, 0.25) is 0 Å². The number of carbonyl (C=O) groups excluding carboxylic acids is 2. The monoisotopic (exact) mass is 620 g/mol. The summed E-state index contributed by atoms with van der Waals surface area (Å²) in [4.78, 5) is 36.1. The predicted molar refractivity (Wildman–Crippen MR) is 177 cm³/mol. The quantitative estimate of drug-likeness (QED) is 0.166. The third-order valence-electron chi connectivity index (χ3n) is 7.56. The van der Waals surface area contributed by atoms with Crippen LogP contribution in [-0.2, 0) is 11.2 Å². The van der Waals surface area contributed by atoms with Gasteiger partial charge in [-0.05, 0) is 44.0 Å². The molecule has 12 heteroatoms. The van der Waals surface area contributed by atoms with E-state index in [1.165, 1.54) is 6.20 Å². The lowest BCUT2D eigenvalue weighted by atomic mass is 10.1. The molecule has 2 aromatic heterocycles. The van der Waals surface area contributed by atoms with Crippen molar-refractivity contribution in [2.24, 2.45) is 0 Å². The summed E-state index contributed by atoms with van der Waals surface area (Å²) in [5.41, 5.74) is 3.53. The molecule has 3 heterocycles. The Bertz CT molecular complexity index is 1830. The maximum Gasteiger partial charge on any atom is 0.324 e. The van der Waals surface area contributed by atoms with Gasteiger partial charge in [-0.25, -0.2) is 19.3 Å². The van der Waals surface area contributed by atoms with Gasteiger partial charge in [-0.1, -0.05) is 55.3 Å². The fraction of sp³-hybridized carbons (Fsp3) is 0.265. The Morgan fingerprint density at radius 2 is 1.72 bits per heavy atom. The second-order valence-corrected chi connectivity index (χ2v) is 11.0. The summed E-state index contributed by atoms with van der Waals surface area (Å²) >= 11 is 0. The Hall–Kier alpha value is -5.49. The van der Waals surface area contributed by atoms with Gasteiger partial charge in [0.1, 0.15) is 11.6 Å². The first-order valence-corrected chi connectivity index (χ1v) is 15.4. The Kier molecular flexibility index (Phi) is 9.35. The van der Waals surface area contributed by atoms with Gasteiger partial charge in [-0.2, -0.15) is 10.1 Å². The summed E-state index contributed by atoms with van der Waals surface area (Å²) in [6.07, 6.45) is 4.41. The van der Waals surface area contributed by atoms with Gasteiger partial charge in [0.2, 0.25) is 11.8 Å². The third-order valence-corrected chi connectivity index (χ3v) is 7.56. The number of ether oxygens (including phenoxy) is 2. The molecule has 12 nitrogen and oxygen atoms in total. The van der Waals surface area contributed by atoms with Crippen LogP contribution in [-0.4, -0.2) is 63.0 Å². The summed E-state index contributed by atoms with van der Waals surface area (Å²) in [5.74, 6) is 1.51. The number of nitrogens with one attached hydrogen (secondary N) is 3. The highest BCUT2D eigenvalue weighted by Gasteiger charge is 2.19. The Morgan fingerprint density at radius 1 is 0.935 bits per heavy atom. The van der Waals surface area contributed by atoms with Gasteiger partial charge in [0.05, 0.1) is 30.3 Å². The average molecular weight is 621 g/mol. The standard InChI is InChI=1S/C34H36N8O4/c1-3-4-7-24-22-30(42(40-24)25-12-10-23(2)11-13-25)37-33(43)36-28-14-15-29(27-9-6-5-8-26(27)28)46-31-16-17-35-32(38-31)39-34(44)41-18-20-45-21-19-41/h5-6,8-17,22H,3-4,7,18-21H2,1-2H3,(H2,36,37,43)(H,35,38,39,44). The second-order valence-electron chi connectivity index (χ2n) is 11.0. The van der Waals surface area contributed by atoms with Crippen LogP contribution in [0, 0.1) is 6.92 Å². The third kappa shape index (κ3) is 7.24. The minimum atomic E-state index is -0.398. The van der Waals surface area contributed by atoms with Crippen LogP contribution in [0.25, 0.3) is 16.5 Å². The number of carbonyl (C=O) groups is 2. The molecule has 1 fully saturated rings. The van der Waals surface area contributed by atoms with Crippen molar-refractivity contribution in [2.75, 3.05) is 42.3 Å². The number of benzene rings is 3. The fourth-order valence-electron chi connectivity index (χ4n) is 5.13. The number of unbranched alkanes of at least 4 members (excludes halogenated alkanes) is 1. The molecule has 5 aromatic rings. The summed E-state index contributed by atoms with van der Waals surface area (Å²) in [6.45, 7) is 6.17. The molecule has 0 aliphatic carbocycles. The van der Waals surface area contributed by atoms with Gasteiger partial charge >= 0.3 is 12.1 Å². The molecule has 0 atom stereocenters. The average Bonchev–Trinajstić information content (AvgIpc) is 3.47. The molecule has 0 bridgehead atoms. The van der Waals surface area contributed by atoms with E-state index in [9.17, 15) is 9.59 Å². The highest BCUT2D eigenvalue weighted by atomic mass is 16.5. The van der Waals surface area contributed by atoms with Crippen molar-refractivity contribution >= 4 is 40.3 Å². The van der Waals surface area contributed by atoms with Crippen LogP contribution in [0.15, 0.2) is 79.0 Å². The van der Waals surface area contributed by atoms with Crippen LogP contribution in [0.5, 0.6) is 11.6 Å². The SMILES string of the molecule is CCCCc1cc(NC(=O)Nc2ccc(Oc3ccnc(NC(=O)N4CCOCC4)n3)c3ccccc23)n(-c2ccc(C)cc2)n1. The number of urea groups is 2. The van der Waals surface area contributed by atoms with E-state index in [0.717, 1.165) is 47.0 Å². The number of rotatable bonds is 9. The van der Waals surface area contributed by atoms with E-state index < -0.39 is 6.03 Å². The minimum absolute atomic E-state index is 0.135. The number of amides is 4. The molecule has 3 aromatic carbocycles. The molecule has 6 rings (SSSR count). The maximum absolute atomic E-state index is 13.3. The number of hydrogen-bond acceptors (Lipinski definition) is 7. The zero-order valence-corrected chi connectivity index (χ0v) is 25.8. The van der Waals surface area contributed by atoms with Crippen molar-refractivity contribution in [3.8, 4) is 17.3 Å². The van der Waals surface area contributed by atoms with Crippen molar-refractivity contribution in [3.05, 3.63) is 90.3 Å². The maximum atomic E-state index is 13.3. The van der Waals surface area contributed by atoms with Gasteiger partial charge in [0.15, 0.2) is 0 Å². The van der Waals surface area contributed by atoms with Crippen LogP contribution in [0.3, 0.4) is 0 Å². The minimum Gasteiger partial charge on any atom is -0.438 e. The Morgan fingerprint density at radius 3 is 2.50 bits per heavy atom. The number of aryl methyl sites for hydroxylation is 2. The highest BCUT2D eigenvalue weighted by Crippen LogP contribution is 2.34. The summed E-state index contributed by atoms with van der Waals surface area (Å²) in [5, 5.41) is 15.0. The predicted octanol–water partition coefficient (Wildman–Crippen LogP) is 6.77. The normalized spacial score (nSPS) is 13.0. The zero-order chi connectivity index (χ0) is 31.9. The van der Waals surface area contributed by atoms with Crippen LogP contribution in [0.1, 0.15) is 31.0 Å². The van der Waals surface area contributed by atoms with E-state index in [4.69, 9.17) is 14.6 Å². The van der Waals surface area contributed by atoms with E-state index in [1.54, 1.807) is 27.8 Å². The van der Waals surface area contributed by atoms with Crippen molar-refractivity contribution < 1.29 is 19.1 Å². The lowest BCUT2D eigenvalue weighted by Crippen LogP contribution is -2.43. The first-order valence-electron chi connectivity index (χ1n) is 15.4. The molecular weight excluding hydrogens is 584 g/mol. The van der Waals surface area contributed by atoms with Gasteiger partial charge in [-0.3, -0.25) is 10.6 Å². The van der Waals surface area contributed by atoms with Crippen LogP contribution >= 0.6 is 0 Å². The first-order chi connectivity index (χ1) is 22.5. The smallest absolute Gasteiger partial charge is 0.324 e. The number of anilines is 3. The number of aromatic nitrogens is 4. The van der Waals surface area contributed by atoms with Crippen LogP contribution < -0.4 is 20.7 Å². The number of nitrogens with zero attached hydrogens (tertiary/aromatic N) is 5. The molecule has 0 spiro atoms. The van der Waals surface area contributed by atoms with Gasteiger partial charge in [0.25, 0.3) is 0 Å². The molecule has 3 N–H and O–H groups in total. The second kappa shape index (κ2) is 14.1. The number of fused-ring (bicyclic) bond motifs is 1. The van der Waals surface area contributed by atoms with E-state index in [2.05, 4.69) is 32.8 Å². The molecule has 1 aliphatic rings. The van der Waals surface area contributed by atoms with E-state index in [-0.39, 0.29) is 17.9 Å². The Balaban J connectivity index is 1.19. The van der Waals surface area contributed by atoms with Gasteiger partial charge < -0.3 is 19.7 Å². The number of hydrogen-bond donors (Lipinski definition) is 3. The lowest BCUT2D eigenvalue weighted by Gasteiger charge is -2.26. The van der Waals surface area contributed by atoms with Crippen molar-refractivity contribution in [1.82, 2.24) is 24.6 Å². The van der Waals surface area contributed by atoms with Gasteiger partial charge in [-0.15, -0.1) is 0 Å². The summed E-state index contributed by atoms with van der Waals surface area (Å²) in [7, 11) is 0. The summed E-state index contributed by atoms with van der Waals surface area (Å²) in [6, 6.07) is 22.0.